The van der Waals surface area contributed by atoms with E-state index in [-0.39, 0.29) is 12.2 Å². The SMILES string of the molecule is COc1cnc(C(C#N)=Cc2c(Cl)cncc2Cl)cc1OCCCCO. The van der Waals surface area contributed by atoms with Crippen molar-refractivity contribution in [2.75, 3.05) is 20.3 Å². The molecule has 2 heterocycles. The van der Waals surface area contributed by atoms with Gasteiger partial charge in [0, 0.05) is 30.6 Å². The number of aliphatic hydroxyl groups is 1. The van der Waals surface area contributed by atoms with E-state index < -0.39 is 0 Å². The predicted octanol–water partition coefficient (Wildman–Crippen LogP) is 4.01. The first-order valence-electron chi connectivity index (χ1n) is 7.79. The number of hydrogen-bond acceptors (Lipinski definition) is 6. The van der Waals surface area contributed by atoms with Gasteiger partial charge in [-0.1, -0.05) is 23.2 Å². The molecule has 0 fully saturated rings. The molecule has 136 valence electrons. The van der Waals surface area contributed by atoms with Crippen LogP contribution in [0.25, 0.3) is 11.6 Å². The van der Waals surface area contributed by atoms with Gasteiger partial charge in [-0.15, -0.1) is 0 Å². The van der Waals surface area contributed by atoms with Gasteiger partial charge >= 0.3 is 0 Å². The van der Waals surface area contributed by atoms with Crippen molar-refractivity contribution < 1.29 is 14.6 Å². The number of hydrogen-bond donors (Lipinski definition) is 1. The summed E-state index contributed by atoms with van der Waals surface area (Å²) < 4.78 is 10.9. The second-order valence-corrected chi connectivity index (χ2v) is 6.00. The Balaban J connectivity index is 2.36. The zero-order valence-electron chi connectivity index (χ0n) is 14.1. The Kier molecular flexibility index (Phi) is 7.67. The Morgan fingerprint density at radius 1 is 1.23 bits per heavy atom. The second kappa shape index (κ2) is 9.97. The molecule has 0 aliphatic carbocycles. The number of aliphatic hydroxyl groups excluding tert-OH is 1. The van der Waals surface area contributed by atoms with Gasteiger partial charge in [-0.3, -0.25) is 9.97 Å². The zero-order valence-corrected chi connectivity index (χ0v) is 15.6. The van der Waals surface area contributed by atoms with Gasteiger partial charge in [0.1, 0.15) is 6.07 Å². The fourth-order valence-electron chi connectivity index (χ4n) is 2.10. The first-order chi connectivity index (χ1) is 12.6. The number of halogens is 2. The molecule has 0 aliphatic heterocycles. The molecule has 0 spiro atoms. The Bertz CT molecular complexity index is 815. The van der Waals surface area contributed by atoms with E-state index in [0.29, 0.717) is 52.3 Å². The van der Waals surface area contributed by atoms with Crippen molar-refractivity contribution >= 4 is 34.9 Å². The van der Waals surface area contributed by atoms with Gasteiger partial charge in [-0.2, -0.15) is 5.26 Å². The maximum atomic E-state index is 9.53. The van der Waals surface area contributed by atoms with Gasteiger partial charge in [0.25, 0.3) is 0 Å². The van der Waals surface area contributed by atoms with Crippen LogP contribution in [0.2, 0.25) is 10.0 Å². The minimum Gasteiger partial charge on any atom is -0.491 e. The number of rotatable bonds is 8. The summed E-state index contributed by atoms with van der Waals surface area (Å²) >= 11 is 12.2. The lowest BCUT2D eigenvalue weighted by Crippen LogP contribution is -2.02. The molecular formula is C18H17Cl2N3O3. The van der Waals surface area contributed by atoms with Crippen LogP contribution < -0.4 is 9.47 Å². The minimum absolute atomic E-state index is 0.108. The van der Waals surface area contributed by atoms with Crippen LogP contribution >= 0.6 is 23.2 Å². The highest BCUT2D eigenvalue weighted by Gasteiger charge is 2.12. The molecule has 8 heteroatoms. The van der Waals surface area contributed by atoms with Crippen molar-refractivity contribution in [1.82, 2.24) is 9.97 Å². The normalized spacial score (nSPS) is 11.1. The fourth-order valence-corrected chi connectivity index (χ4v) is 2.57. The Hall–Kier alpha value is -2.33. The molecule has 2 aromatic rings. The van der Waals surface area contributed by atoms with E-state index in [1.165, 1.54) is 25.7 Å². The minimum atomic E-state index is 0.108. The average molecular weight is 394 g/mol. The maximum absolute atomic E-state index is 9.53. The third kappa shape index (κ3) is 5.09. The van der Waals surface area contributed by atoms with E-state index in [0.717, 1.165) is 0 Å². The van der Waals surface area contributed by atoms with E-state index in [2.05, 4.69) is 16.0 Å². The molecule has 26 heavy (non-hydrogen) atoms. The van der Waals surface area contributed by atoms with Crippen molar-refractivity contribution in [3.8, 4) is 17.6 Å². The van der Waals surface area contributed by atoms with Crippen LogP contribution in [0, 0.1) is 11.3 Å². The van der Waals surface area contributed by atoms with E-state index in [9.17, 15) is 5.26 Å². The van der Waals surface area contributed by atoms with Crippen molar-refractivity contribution in [3.05, 3.63) is 46.0 Å². The predicted molar refractivity (Wildman–Crippen MR) is 100 cm³/mol. The number of unbranched alkanes of at least 4 members (excludes halogenated alkanes) is 1. The van der Waals surface area contributed by atoms with Crippen LogP contribution in [0.4, 0.5) is 0 Å². The van der Waals surface area contributed by atoms with Gasteiger partial charge in [0.05, 0.1) is 41.2 Å². The number of nitriles is 1. The average Bonchev–Trinajstić information content (AvgIpc) is 2.65. The van der Waals surface area contributed by atoms with Gasteiger partial charge in [-0.25, -0.2) is 0 Å². The largest absolute Gasteiger partial charge is 0.491 e. The van der Waals surface area contributed by atoms with Crippen LogP contribution in [0.3, 0.4) is 0 Å². The number of nitrogens with zero attached hydrogens (tertiary/aromatic N) is 3. The summed E-state index contributed by atoms with van der Waals surface area (Å²) in [6.45, 7) is 0.519. The number of aromatic nitrogens is 2. The molecule has 0 aliphatic rings. The van der Waals surface area contributed by atoms with Crippen molar-refractivity contribution in [2.45, 2.75) is 12.8 Å². The summed E-state index contributed by atoms with van der Waals surface area (Å²) in [6, 6.07) is 3.71. The standard InChI is InChI=1S/C18H17Cl2N3O3/c1-25-18-11-23-16(7-17(18)26-5-3-2-4-24)12(8-21)6-13-14(19)9-22-10-15(13)20/h6-7,9-11,24H,2-5H2,1H3. The Morgan fingerprint density at radius 3 is 2.58 bits per heavy atom. The molecule has 0 aromatic carbocycles. The summed E-state index contributed by atoms with van der Waals surface area (Å²) in [5.74, 6) is 0.915. The molecule has 0 atom stereocenters. The fraction of sp³-hybridized carbons (Fsp3) is 0.278. The maximum Gasteiger partial charge on any atom is 0.179 e. The number of allylic oxidation sites excluding steroid dienone is 1. The zero-order chi connectivity index (χ0) is 18.9. The highest BCUT2D eigenvalue weighted by atomic mass is 35.5. The van der Waals surface area contributed by atoms with Crippen LogP contribution in [0.5, 0.6) is 11.5 Å². The molecule has 0 unspecified atom stereocenters. The number of methoxy groups -OCH3 is 1. The molecule has 2 rings (SSSR count). The molecule has 0 saturated heterocycles. The lowest BCUT2D eigenvalue weighted by molar-refractivity contribution is 0.247. The molecule has 0 amide bonds. The summed E-state index contributed by atoms with van der Waals surface area (Å²) in [4.78, 5) is 8.13. The lowest BCUT2D eigenvalue weighted by atomic mass is 10.1. The highest BCUT2D eigenvalue weighted by Crippen LogP contribution is 2.31. The third-order valence-corrected chi connectivity index (χ3v) is 4.04. The molecule has 6 nitrogen and oxygen atoms in total. The van der Waals surface area contributed by atoms with Crippen molar-refractivity contribution in [3.63, 3.8) is 0 Å². The van der Waals surface area contributed by atoms with E-state index >= 15 is 0 Å². The monoisotopic (exact) mass is 393 g/mol. The van der Waals surface area contributed by atoms with Crippen molar-refractivity contribution in [2.24, 2.45) is 0 Å². The molecule has 0 radical (unpaired) electrons. The van der Waals surface area contributed by atoms with E-state index in [1.54, 1.807) is 12.1 Å². The Labute approximate surface area is 161 Å². The van der Waals surface area contributed by atoms with Crippen LogP contribution in [0.1, 0.15) is 24.1 Å². The van der Waals surface area contributed by atoms with Crippen LogP contribution in [-0.4, -0.2) is 35.4 Å². The summed E-state index contributed by atoms with van der Waals surface area (Å²) in [5.41, 5.74) is 1.15. The first kappa shape index (κ1) is 20.0. The molecule has 0 saturated carbocycles. The van der Waals surface area contributed by atoms with Crippen LogP contribution in [0.15, 0.2) is 24.7 Å². The summed E-state index contributed by atoms with van der Waals surface area (Å²) in [5, 5.41) is 19.0. The Morgan fingerprint density at radius 2 is 1.96 bits per heavy atom. The smallest absolute Gasteiger partial charge is 0.179 e. The topological polar surface area (TPSA) is 88.3 Å². The van der Waals surface area contributed by atoms with Crippen LogP contribution in [-0.2, 0) is 0 Å². The molecular weight excluding hydrogens is 377 g/mol. The van der Waals surface area contributed by atoms with Gasteiger partial charge in [0.2, 0.25) is 0 Å². The third-order valence-electron chi connectivity index (χ3n) is 3.44. The number of ether oxygens (including phenoxy) is 2. The lowest BCUT2D eigenvalue weighted by Gasteiger charge is -2.11. The van der Waals surface area contributed by atoms with Gasteiger partial charge < -0.3 is 14.6 Å². The highest BCUT2D eigenvalue weighted by molar-refractivity contribution is 6.37. The number of pyridine rings is 2. The molecule has 1 N–H and O–H groups in total. The molecule has 2 aromatic heterocycles. The second-order valence-electron chi connectivity index (χ2n) is 5.19. The molecule has 0 bridgehead atoms. The first-order valence-corrected chi connectivity index (χ1v) is 8.55. The summed E-state index contributed by atoms with van der Waals surface area (Å²) in [6.07, 6.45) is 7.27. The van der Waals surface area contributed by atoms with Gasteiger partial charge in [0.15, 0.2) is 11.5 Å². The van der Waals surface area contributed by atoms with Gasteiger partial charge in [-0.05, 0) is 18.9 Å². The summed E-state index contributed by atoms with van der Waals surface area (Å²) in [7, 11) is 1.51. The van der Waals surface area contributed by atoms with Crippen molar-refractivity contribution in [1.29, 1.82) is 5.26 Å². The van der Waals surface area contributed by atoms with E-state index in [1.807, 2.05) is 0 Å². The van der Waals surface area contributed by atoms with E-state index in [4.69, 9.17) is 37.8 Å². The quantitative estimate of drug-likeness (QED) is 0.538.